The fraction of sp³-hybridized carbons (Fsp3) is 0.263. The number of fused-ring (bicyclic) bond motifs is 1. The van der Waals surface area contributed by atoms with E-state index in [-0.39, 0.29) is 6.61 Å². The van der Waals surface area contributed by atoms with E-state index in [1.807, 2.05) is 12.1 Å². The number of hydrogen-bond acceptors (Lipinski definition) is 4. The summed E-state index contributed by atoms with van der Waals surface area (Å²) in [6, 6.07) is 10.4. The maximum atomic E-state index is 12.1. The van der Waals surface area contributed by atoms with Gasteiger partial charge in [-0.3, -0.25) is 4.79 Å². The Hall–Kier alpha value is -2.53. The molecule has 2 aromatic rings. The molecule has 0 radical (unpaired) electrons. The first-order valence-electron chi connectivity index (χ1n) is 7.99. The Bertz CT molecular complexity index is 819. The van der Waals surface area contributed by atoms with Gasteiger partial charge in [-0.2, -0.15) is 0 Å². The summed E-state index contributed by atoms with van der Waals surface area (Å²) >= 11 is 5.92. The average molecular weight is 360 g/mol. The zero-order chi connectivity index (χ0) is 17.8. The Kier molecular flexibility index (Phi) is 5.24. The first kappa shape index (κ1) is 17.3. The molecule has 0 aromatic heterocycles. The number of anilines is 1. The number of benzene rings is 2. The van der Waals surface area contributed by atoms with Crippen molar-refractivity contribution in [3.05, 3.63) is 58.1 Å². The molecule has 130 valence electrons. The van der Waals surface area contributed by atoms with Gasteiger partial charge in [0.25, 0.3) is 5.91 Å². The Morgan fingerprint density at radius 2 is 1.92 bits per heavy atom. The van der Waals surface area contributed by atoms with Gasteiger partial charge in [0.05, 0.1) is 18.4 Å². The molecule has 0 atom stereocenters. The van der Waals surface area contributed by atoms with Crippen molar-refractivity contribution in [1.82, 2.24) is 0 Å². The molecule has 0 aliphatic heterocycles. The van der Waals surface area contributed by atoms with E-state index in [2.05, 4.69) is 5.32 Å². The molecule has 6 heteroatoms. The predicted octanol–water partition coefficient (Wildman–Crippen LogP) is 3.63. The molecular weight excluding hydrogens is 342 g/mol. The van der Waals surface area contributed by atoms with Crippen LogP contribution in [0.1, 0.15) is 27.9 Å². The van der Waals surface area contributed by atoms with Gasteiger partial charge >= 0.3 is 5.97 Å². The highest BCUT2D eigenvalue weighted by molar-refractivity contribution is 6.31. The third-order valence-corrected chi connectivity index (χ3v) is 4.34. The van der Waals surface area contributed by atoms with Gasteiger partial charge in [-0.25, -0.2) is 4.79 Å². The Labute approximate surface area is 150 Å². The van der Waals surface area contributed by atoms with Gasteiger partial charge in [0.15, 0.2) is 6.61 Å². The maximum Gasteiger partial charge on any atom is 0.338 e. The standard InChI is InChI=1S/C19H18ClNO4/c1-24-17-8-7-15(20)10-16(17)21-18(22)11-25-19(23)14-6-5-12-3-2-4-13(12)9-14/h5-10H,2-4,11H2,1H3,(H,21,22). The van der Waals surface area contributed by atoms with Crippen molar-refractivity contribution in [3.8, 4) is 5.75 Å². The van der Waals surface area contributed by atoms with Crippen molar-refractivity contribution in [3.63, 3.8) is 0 Å². The first-order chi connectivity index (χ1) is 12.1. The molecule has 0 unspecified atom stereocenters. The average Bonchev–Trinajstić information content (AvgIpc) is 3.07. The third kappa shape index (κ3) is 4.12. The van der Waals surface area contributed by atoms with Gasteiger partial charge in [-0.15, -0.1) is 0 Å². The Balaban J connectivity index is 1.59. The SMILES string of the molecule is COc1ccc(Cl)cc1NC(=O)COC(=O)c1ccc2c(c1)CCC2. The molecule has 0 heterocycles. The minimum atomic E-state index is -0.511. The molecule has 0 bridgehead atoms. The van der Waals surface area contributed by atoms with Gasteiger partial charge in [0, 0.05) is 5.02 Å². The number of carbonyl (C=O) groups excluding carboxylic acids is 2. The molecule has 25 heavy (non-hydrogen) atoms. The summed E-state index contributed by atoms with van der Waals surface area (Å²) < 4.78 is 10.3. The molecule has 0 saturated carbocycles. The van der Waals surface area contributed by atoms with Crippen LogP contribution in [-0.2, 0) is 22.4 Å². The van der Waals surface area contributed by atoms with Crippen LogP contribution < -0.4 is 10.1 Å². The minimum absolute atomic E-state index is 0.383. The quantitative estimate of drug-likeness (QED) is 0.828. The number of halogens is 1. The van der Waals surface area contributed by atoms with Crippen LogP contribution in [0.2, 0.25) is 5.02 Å². The largest absolute Gasteiger partial charge is 0.495 e. The second kappa shape index (κ2) is 7.57. The molecule has 1 N–H and O–H groups in total. The van der Waals surface area contributed by atoms with Gasteiger partial charge in [0.1, 0.15) is 5.75 Å². The van der Waals surface area contributed by atoms with Gasteiger partial charge in [-0.05, 0) is 60.7 Å². The molecule has 0 fully saturated rings. The van der Waals surface area contributed by atoms with E-state index >= 15 is 0 Å². The van der Waals surface area contributed by atoms with Crippen LogP contribution in [0.3, 0.4) is 0 Å². The number of aryl methyl sites for hydroxylation is 2. The molecule has 0 spiro atoms. The highest BCUT2D eigenvalue weighted by Crippen LogP contribution is 2.27. The fourth-order valence-corrected chi connectivity index (χ4v) is 3.05. The van der Waals surface area contributed by atoms with Crippen molar-refractivity contribution < 1.29 is 19.1 Å². The fourth-order valence-electron chi connectivity index (χ4n) is 2.88. The van der Waals surface area contributed by atoms with Crippen LogP contribution in [0.5, 0.6) is 5.75 Å². The minimum Gasteiger partial charge on any atom is -0.495 e. The molecule has 5 nitrogen and oxygen atoms in total. The summed E-state index contributed by atoms with van der Waals surface area (Å²) in [5.41, 5.74) is 3.35. The first-order valence-corrected chi connectivity index (χ1v) is 8.37. The van der Waals surface area contributed by atoms with Crippen molar-refractivity contribution in [2.24, 2.45) is 0 Å². The summed E-state index contributed by atoms with van der Waals surface area (Å²) in [5, 5.41) is 3.09. The van der Waals surface area contributed by atoms with E-state index in [0.29, 0.717) is 22.0 Å². The zero-order valence-electron chi connectivity index (χ0n) is 13.8. The second-order valence-corrected chi connectivity index (χ2v) is 6.24. The summed E-state index contributed by atoms with van der Waals surface area (Å²) in [6.07, 6.45) is 3.14. The van der Waals surface area contributed by atoms with Crippen molar-refractivity contribution in [2.75, 3.05) is 19.0 Å². The molecule has 2 aromatic carbocycles. The van der Waals surface area contributed by atoms with E-state index < -0.39 is 11.9 Å². The summed E-state index contributed by atoms with van der Waals surface area (Å²) in [5.74, 6) is -0.499. The molecule has 1 aliphatic rings. The number of ether oxygens (including phenoxy) is 2. The van der Waals surface area contributed by atoms with E-state index in [9.17, 15) is 9.59 Å². The van der Waals surface area contributed by atoms with Crippen LogP contribution in [0.15, 0.2) is 36.4 Å². The summed E-state index contributed by atoms with van der Waals surface area (Å²) in [6.45, 7) is -0.383. The Morgan fingerprint density at radius 1 is 1.12 bits per heavy atom. The molecule has 0 saturated heterocycles. The van der Waals surface area contributed by atoms with Crippen LogP contribution in [0, 0.1) is 0 Å². The number of nitrogens with one attached hydrogen (secondary N) is 1. The highest BCUT2D eigenvalue weighted by Gasteiger charge is 2.16. The van der Waals surface area contributed by atoms with Crippen LogP contribution in [-0.4, -0.2) is 25.6 Å². The topological polar surface area (TPSA) is 64.6 Å². The van der Waals surface area contributed by atoms with Crippen LogP contribution in [0.4, 0.5) is 5.69 Å². The monoisotopic (exact) mass is 359 g/mol. The zero-order valence-corrected chi connectivity index (χ0v) is 14.6. The van der Waals surface area contributed by atoms with Gasteiger partial charge in [0.2, 0.25) is 0 Å². The van der Waals surface area contributed by atoms with E-state index in [1.165, 1.54) is 18.2 Å². The van der Waals surface area contributed by atoms with Crippen molar-refractivity contribution in [2.45, 2.75) is 19.3 Å². The van der Waals surface area contributed by atoms with Crippen LogP contribution in [0.25, 0.3) is 0 Å². The second-order valence-electron chi connectivity index (χ2n) is 5.81. The van der Waals surface area contributed by atoms with E-state index in [1.54, 1.807) is 24.3 Å². The number of hydrogen-bond donors (Lipinski definition) is 1. The van der Waals surface area contributed by atoms with Gasteiger partial charge < -0.3 is 14.8 Å². The van der Waals surface area contributed by atoms with Gasteiger partial charge in [-0.1, -0.05) is 17.7 Å². The number of carbonyl (C=O) groups is 2. The third-order valence-electron chi connectivity index (χ3n) is 4.10. The number of rotatable bonds is 5. The molecule has 1 amide bonds. The number of esters is 1. The summed E-state index contributed by atoms with van der Waals surface area (Å²) in [7, 11) is 1.49. The smallest absolute Gasteiger partial charge is 0.338 e. The van der Waals surface area contributed by atoms with Crippen molar-refractivity contribution in [1.29, 1.82) is 0 Å². The molecule has 3 rings (SSSR count). The van der Waals surface area contributed by atoms with Crippen LogP contribution >= 0.6 is 11.6 Å². The lowest BCUT2D eigenvalue weighted by molar-refractivity contribution is -0.119. The van der Waals surface area contributed by atoms with Crippen molar-refractivity contribution >= 4 is 29.2 Å². The normalized spacial score (nSPS) is 12.4. The lowest BCUT2D eigenvalue weighted by atomic mass is 10.1. The molecule has 1 aliphatic carbocycles. The maximum absolute atomic E-state index is 12.1. The highest BCUT2D eigenvalue weighted by atomic mass is 35.5. The van der Waals surface area contributed by atoms with E-state index in [0.717, 1.165) is 19.3 Å². The predicted molar refractivity (Wildman–Crippen MR) is 95.4 cm³/mol. The lowest BCUT2D eigenvalue weighted by Gasteiger charge is -2.11. The lowest BCUT2D eigenvalue weighted by Crippen LogP contribution is -2.21. The number of methoxy groups -OCH3 is 1. The number of amides is 1. The Morgan fingerprint density at radius 3 is 2.72 bits per heavy atom. The molecular formula is C19H18ClNO4. The van der Waals surface area contributed by atoms with E-state index in [4.69, 9.17) is 21.1 Å². The summed E-state index contributed by atoms with van der Waals surface area (Å²) in [4.78, 5) is 24.2.